The minimum Gasteiger partial charge on any atom is -0.324 e. The van der Waals surface area contributed by atoms with E-state index in [4.69, 9.17) is 0 Å². The van der Waals surface area contributed by atoms with Crippen molar-refractivity contribution in [3.8, 4) is 0 Å². The summed E-state index contributed by atoms with van der Waals surface area (Å²) in [6, 6.07) is 0. The van der Waals surface area contributed by atoms with Crippen molar-refractivity contribution in [2.45, 2.75) is 46.7 Å². The molecule has 0 aliphatic carbocycles. The van der Waals surface area contributed by atoms with Crippen LogP contribution in [0.15, 0.2) is 0 Å². The molecule has 13 heavy (non-hydrogen) atoms. The topological polar surface area (TPSA) is 57.5 Å². The summed E-state index contributed by atoms with van der Waals surface area (Å²) in [6.07, 6.45) is 0.577. The third-order valence-electron chi connectivity index (χ3n) is 2.10. The van der Waals surface area contributed by atoms with E-state index in [9.17, 15) is 14.4 Å². The summed E-state index contributed by atoms with van der Waals surface area (Å²) in [4.78, 5) is 18.3. The first kappa shape index (κ1) is 13.2. The fraction of sp³-hybridized carbons (Fsp3) is 1.00. The molecular weight excluding hydrogens is 187 g/mol. The van der Waals surface area contributed by atoms with Crippen molar-refractivity contribution in [1.29, 1.82) is 0 Å². The van der Waals surface area contributed by atoms with Crippen molar-refractivity contribution in [2.24, 2.45) is 11.3 Å². The highest BCUT2D eigenvalue weighted by Crippen LogP contribution is 2.52. The van der Waals surface area contributed by atoms with Gasteiger partial charge in [-0.25, -0.2) is 0 Å². The highest BCUT2D eigenvalue weighted by molar-refractivity contribution is 7.52. The van der Waals surface area contributed by atoms with Crippen LogP contribution in [0, 0.1) is 11.3 Å². The van der Waals surface area contributed by atoms with Gasteiger partial charge < -0.3 is 9.79 Å². The van der Waals surface area contributed by atoms with Crippen LogP contribution in [0.4, 0.5) is 0 Å². The van der Waals surface area contributed by atoms with E-state index >= 15 is 0 Å². The molecule has 0 aromatic heterocycles. The first-order chi connectivity index (χ1) is 5.55. The Balaban J connectivity index is 4.68. The normalized spacial score (nSPS) is 16.3. The lowest BCUT2D eigenvalue weighted by Gasteiger charge is -2.32. The standard InChI is InChI=1S/C9H21O3P/c1-7(2)6-8(9(3,4)5)13(10,11)12/h7-8H,6H2,1-5H3,(H2,10,11,12). The number of hydrogen-bond donors (Lipinski definition) is 2. The smallest absolute Gasteiger partial charge is 0.324 e. The molecule has 0 aromatic carbocycles. The van der Waals surface area contributed by atoms with Gasteiger partial charge in [-0.05, 0) is 17.8 Å². The van der Waals surface area contributed by atoms with Gasteiger partial charge in [-0.2, -0.15) is 0 Å². The first-order valence-corrected chi connectivity index (χ1v) is 6.28. The molecule has 0 heterocycles. The molecule has 0 aromatic rings. The Labute approximate surface area is 80.7 Å². The van der Waals surface area contributed by atoms with Crippen molar-refractivity contribution < 1.29 is 14.4 Å². The second-order valence-electron chi connectivity index (χ2n) is 5.10. The summed E-state index contributed by atoms with van der Waals surface area (Å²) >= 11 is 0. The summed E-state index contributed by atoms with van der Waals surface area (Å²) < 4.78 is 11.2. The predicted molar refractivity (Wildman–Crippen MR) is 54.7 cm³/mol. The van der Waals surface area contributed by atoms with Gasteiger partial charge in [-0.3, -0.25) is 4.57 Å². The van der Waals surface area contributed by atoms with Crippen LogP contribution in [0.25, 0.3) is 0 Å². The zero-order valence-corrected chi connectivity index (χ0v) is 10.0. The Hall–Kier alpha value is 0.150. The second-order valence-corrected chi connectivity index (χ2v) is 6.90. The van der Waals surface area contributed by atoms with Crippen molar-refractivity contribution >= 4 is 7.60 Å². The Kier molecular flexibility index (Phi) is 4.17. The van der Waals surface area contributed by atoms with Crippen molar-refractivity contribution in [3.05, 3.63) is 0 Å². The lowest BCUT2D eigenvalue weighted by molar-refractivity contribution is 0.273. The zero-order valence-electron chi connectivity index (χ0n) is 9.11. The largest absolute Gasteiger partial charge is 0.329 e. The van der Waals surface area contributed by atoms with Gasteiger partial charge in [0.2, 0.25) is 0 Å². The highest BCUT2D eigenvalue weighted by Gasteiger charge is 2.38. The lowest BCUT2D eigenvalue weighted by Crippen LogP contribution is -2.27. The molecule has 80 valence electrons. The lowest BCUT2D eigenvalue weighted by atomic mass is 9.87. The van der Waals surface area contributed by atoms with Crippen LogP contribution in [-0.4, -0.2) is 15.4 Å². The van der Waals surface area contributed by atoms with E-state index < -0.39 is 13.3 Å². The van der Waals surface area contributed by atoms with Gasteiger partial charge in [0.1, 0.15) is 0 Å². The predicted octanol–water partition coefficient (Wildman–Crippen LogP) is 2.62. The molecule has 0 saturated carbocycles. The van der Waals surface area contributed by atoms with Crippen LogP contribution in [-0.2, 0) is 4.57 Å². The molecule has 0 aliphatic heterocycles. The van der Waals surface area contributed by atoms with Gasteiger partial charge in [0.25, 0.3) is 0 Å². The van der Waals surface area contributed by atoms with Gasteiger partial charge in [0.05, 0.1) is 5.66 Å². The molecule has 2 N–H and O–H groups in total. The molecule has 1 atom stereocenters. The van der Waals surface area contributed by atoms with E-state index in [2.05, 4.69) is 0 Å². The van der Waals surface area contributed by atoms with Crippen LogP contribution in [0.5, 0.6) is 0 Å². The summed E-state index contributed by atoms with van der Waals surface area (Å²) in [6.45, 7) is 9.58. The van der Waals surface area contributed by atoms with Crippen LogP contribution in [0.1, 0.15) is 41.0 Å². The Morgan fingerprint density at radius 1 is 1.23 bits per heavy atom. The molecule has 0 rings (SSSR count). The summed E-state index contributed by atoms with van der Waals surface area (Å²) in [7, 11) is -3.95. The fourth-order valence-corrected chi connectivity index (χ4v) is 3.15. The Morgan fingerprint density at radius 3 is 1.69 bits per heavy atom. The summed E-state index contributed by atoms with van der Waals surface area (Å²) in [5, 5.41) is 0. The van der Waals surface area contributed by atoms with Gasteiger partial charge in [-0.1, -0.05) is 34.6 Å². The van der Waals surface area contributed by atoms with Crippen molar-refractivity contribution in [2.75, 3.05) is 0 Å². The maximum atomic E-state index is 11.2. The first-order valence-electron chi connectivity index (χ1n) is 4.60. The van der Waals surface area contributed by atoms with E-state index in [1.165, 1.54) is 0 Å². The van der Waals surface area contributed by atoms with Gasteiger partial charge in [0, 0.05) is 0 Å². The Morgan fingerprint density at radius 2 is 1.62 bits per heavy atom. The van der Waals surface area contributed by atoms with E-state index in [0.29, 0.717) is 12.3 Å². The van der Waals surface area contributed by atoms with Gasteiger partial charge in [0.15, 0.2) is 0 Å². The molecule has 0 saturated heterocycles. The molecule has 3 nitrogen and oxygen atoms in total. The van der Waals surface area contributed by atoms with E-state index in [0.717, 1.165) is 0 Å². The molecule has 4 heteroatoms. The third-order valence-corrected chi connectivity index (χ3v) is 3.90. The van der Waals surface area contributed by atoms with E-state index in [1.807, 2.05) is 34.6 Å². The Bertz CT molecular complexity index is 199. The molecular formula is C9H21O3P. The number of rotatable bonds is 3. The molecule has 0 spiro atoms. The minimum atomic E-state index is -3.95. The third kappa shape index (κ3) is 4.80. The van der Waals surface area contributed by atoms with Gasteiger partial charge in [-0.15, -0.1) is 0 Å². The molecule has 0 bridgehead atoms. The second kappa shape index (κ2) is 4.12. The fourth-order valence-electron chi connectivity index (χ4n) is 1.44. The molecule has 0 aliphatic rings. The quantitative estimate of drug-likeness (QED) is 0.701. The average molecular weight is 208 g/mol. The van der Waals surface area contributed by atoms with Crippen molar-refractivity contribution in [3.63, 3.8) is 0 Å². The minimum absolute atomic E-state index is 0.317. The SMILES string of the molecule is CC(C)CC(C(C)(C)C)P(=O)(O)O. The van der Waals surface area contributed by atoms with E-state index in [1.54, 1.807) is 0 Å². The molecule has 0 radical (unpaired) electrons. The number of hydrogen-bond acceptors (Lipinski definition) is 1. The maximum Gasteiger partial charge on any atom is 0.329 e. The van der Waals surface area contributed by atoms with Crippen LogP contribution in [0.2, 0.25) is 0 Å². The van der Waals surface area contributed by atoms with E-state index in [-0.39, 0.29) is 5.41 Å². The molecule has 0 fully saturated rings. The monoisotopic (exact) mass is 208 g/mol. The van der Waals surface area contributed by atoms with Crippen LogP contribution in [0.3, 0.4) is 0 Å². The maximum absolute atomic E-state index is 11.2. The van der Waals surface area contributed by atoms with Gasteiger partial charge >= 0.3 is 7.60 Å². The van der Waals surface area contributed by atoms with Crippen LogP contribution >= 0.6 is 7.60 Å². The highest BCUT2D eigenvalue weighted by atomic mass is 31.2. The average Bonchev–Trinajstić information content (AvgIpc) is 1.77. The summed E-state index contributed by atoms with van der Waals surface area (Å²) in [5.41, 5.74) is -0.858. The zero-order chi connectivity index (χ0) is 10.9. The molecule has 0 amide bonds. The summed E-state index contributed by atoms with van der Waals surface area (Å²) in [5.74, 6) is 0.317. The van der Waals surface area contributed by atoms with Crippen LogP contribution < -0.4 is 0 Å². The van der Waals surface area contributed by atoms with Crippen molar-refractivity contribution in [1.82, 2.24) is 0 Å². The molecule has 1 unspecified atom stereocenters.